The molecule has 37 heavy (non-hydrogen) atoms. The van der Waals surface area contributed by atoms with Crippen LogP contribution < -0.4 is 5.32 Å². The van der Waals surface area contributed by atoms with Crippen molar-refractivity contribution in [1.29, 1.82) is 5.26 Å². The van der Waals surface area contributed by atoms with E-state index in [1.165, 1.54) is 17.3 Å². The number of halogens is 1. The Balaban J connectivity index is 1.47. The third-order valence-corrected chi connectivity index (χ3v) is 7.50. The fourth-order valence-electron chi connectivity index (χ4n) is 4.16. The number of nitrogens with one attached hydrogen (secondary N) is 1. The summed E-state index contributed by atoms with van der Waals surface area (Å²) in [7, 11) is 6.07. The van der Waals surface area contributed by atoms with Gasteiger partial charge in [-0.25, -0.2) is 4.98 Å². The second kappa shape index (κ2) is 10.7. The molecule has 3 aromatic carbocycles. The zero-order chi connectivity index (χ0) is 25.9. The highest BCUT2D eigenvalue weighted by Crippen LogP contribution is 2.36. The summed E-state index contributed by atoms with van der Waals surface area (Å²) in [5, 5.41) is 15.5. The van der Waals surface area contributed by atoms with Gasteiger partial charge in [-0.15, -0.1) is 0 Å². The lowest BCUT2D eigenvalue weighted by Crippen LogP contribution is -2.10. The van der Waals surface area contributed by atoms with E-state index >= 15 is 0 Å². The van der Waals surface area contributed by atoms with E-state index < -0.39 is 0 Å². The first-order chi connectivity index (χ1) is 17.9. The van der Waals surface area contributed by atoms with Crippen LogP contribution >= 0.6 is 23.4 Å². The predicted octanol–water partition coefficient (Wildman–Crippen LogP) is 7.12. The Kier molecular flexibility index (Phi) is 7.15. The van der Waals surface area contributed by atoms with Crippen molar-refractivity contribution in [2.75, 3.05) is 19.4 Å². The van der Waals surface area contributed by atoms with E-state index in [4.69, 9.17) is 11.6 Å². The second-order valence-electron chi connectivity index (χ2n) is 9.02. The number of hydrogen-bond acceptors (Lipinski definition) is 6. The molecule has 0 radical (unpaired) electrons. The summed E-state index contributed by atoms with van der Waals surface area (Å²) in [4.78, 5) is 12.0. The fraction of sp³-hybridized carbons (Fsp3) is 0.138. The van der Waals surface area contributed by atoms with E-state index in [-0.39, 0.29) is 0 Å². The highest BCUT2D eigenvalue weighted by molar-refractivity contribution is 7.99. The van der Waals surface area contributed by atoms with Crippen LogP contribution in [0.25, 0.3) is 22.0 Å². The summed E-state index contributed by atoms with van der Waals surface area (Å²) in [6, 6.07) is 22.7. The molecule has 0 saturated carbocycles. The first-order valence-electron chi connectivity index (χ1n) is 11.7. The molecule has 0 saturated heterocycles. The Morgan fingerprint density at radius 1 is 1.05 bits per heavy atom. The molecule has 0 aliphatic carbocycles. The number of rotatable bonds is 7. The maximum absolute atomic E-state index is 9.79. The number of imidazole rings is 1. The minimum absolute atomic E-state index is 0.468. The number of anilines is 2. The molecule has 2 heterocycles. The van der Waals surface area contributed by atoms with Gasteiger partial charge in [0.05, 0.1) is 21.8 Å². The third kappa shape index (κ3) is 5.47. The van der Waals surface area contributed by atoms with Crippen LogP contribution in [0.3, 0.4) is 0 Å². The van der Waals surface area contributed by atoms with Crippen molar-refractivity contribution in [2.45, 2.75) is 16.6 Å². The molecule has 6 nitrogen and oxygen atoms in total. The van der Waals surface area contributed by atoms with Crippen molar-refractivity contribution >= 4 is 45.6 Å². The van der Waals surface area contributed by atoms with E-state index in [0.29, 0.717) is 16.3 Å². The Labute approximate surface area is 225 Å². The summed E-state index contributed by atoms with van der Waals surface area (Å²) < 4.78 is 1.95. The summed E-state index contributed by atoms with van der Waals surface area (Å²) >= 11 is 8.11. The fourth-order valence-corrected chi connectivity index (χ4v) is 5.27. The Morgan fingerprint density at radius 3 is 2.62 bits per heavy atom. The third-order valence-electron chi connectivity index (χ3n) is 5.93. The van der Waals surface area contributed by atoms with Gasteiger partial charge in [0, 0.05) is 48.2 Å². The molecule has 0 amide bonds. The Morgan fingerprint density at radius 2 is 1.89 bits per heavy atom. The van der Waals surface area contributed by atoms with Gasteiger partial charge in [-0.1, -0.05) is 53.7 Å². The number of aromatic nitrogens is 3. The smallest absolute Gasteiger partial charge is 0.172 e. The van der Waals surface area contributed by atoms with Crippen molar-refractivity contribution in [3.05, 3.63) is 95.4 Å². The van der Waals surface area contributed by atoms with Gasteiger partial charge >= 0.3 is 0 Å². The average Bonchev–Trinajstić information content (AvgIpc) is 3.29. The molecule has 1 N–H and O–H groups in total. The van der Waals surface area contributed by atoms with E-state index in [9.17, 15) is 5.26 Å². The van der Waals surface area contributed by atoms with Gasteiger partial charge in [0.1, 0.15) is 6.07 Å². The number of benzene rings is 3. The molecular formula is C29H25ClN6S. The molecule has 184 valence electrons. The molecule has 5 aromatic rings. The largest absolute Gasteiger partial charge is 0.354 e. The predicted molar refractivity (Wildman–Crippen MR) is 151 cm³/mol. The van der Waals surface area contributed by atoms with Crippen molar-refractivity contribution in [1.82, 2.24) is 19.4 Å². The molecule has 0 bridgehead atoms. The van der Waals surface area contributed by atoms with Crippen LogP contribution in [0.15, 0.2) is 89.3 Å². The van der Waals surface area contributed by atoms with Crippen LogP contribution in [-0.2, 0) is 13.6 Å². The number of aryl methyl sites for hydroxylation is 1. The molecule has 8 heteroatoms. The Hall–Kier alpha value is -3.83. The zero-order valence-electron chi connectivity index (χ0n) is 20.7. The highest BCUT2D eigenvalue weighted by atomic mass is 35.5. The molecular weight excluding hydrogens is 500 g/mol. The standard InChI is InChI=1S/C29H25ClN6S/c1-35(2)18-19-5-4-6-20(13-19)21-7-9-24-26(14-21)33-17-22(16-31)28(24)34-23-8-10-27(25(30)15-23)37-29-32-11-12-36(29)3/h4-15,17H,18H2,1-3H3,(H,33,34). The lowest BCUT2D eigenvalue weighted by molar-refractivity contribution is 0.402. The van der Waals surface area contributed by atoms with E-state index in [1.54, 1.807) is 12.4 Å². The summed E-state index contributed by atoms with van der Waals surface area (Å²) in [5.41, 5.74) is 6.24. The minimum Gasteiger partial charge on any atom is -0.354 e. The van der Waals surface area contributed by atoms with E-state index in [2.05, 4.69) is 76.7 Å². The molecule has 0 spiro atoms. The van der Waals surface area contributed by atoms with Gasteiger partial charge in [-0.2, -0.15) is 5.26 Å². The van der Waals surface area contributed by atoms with Gasteiger partial charge in [-0.3, -0.25) is 4.98 Å². The van der Waals surface area contributed by atoms with Crippen molar-refractivity contribution in [2.24, 2.45) is 7.05 Å². The molecule has 0 unspecified atom stereocenters. The van der Waals surface area contributed by atoms with Crippen LogP contribution in [-0.4, -0.2) is 33.5 Å². The van der Waals surface area contributed by atoms with Gasteiger partial charge in [-0.05, 0) is 61.1 Å². The maximum atomic E-state index is 9.79. The minimum atomic E-state index is 0.468. The summed E-state index contributed by atoms with van der Waals surface area (Å²) in [6.07, 6.45) is 5.27. The quantitative estimate of drug-likeness (QED) is 0.244. The Bertz CT molecular complexity index is 1640. The van der Waals surface area contributed by atoms with Crippen molar-refractivity contribution in [3.8, 4) is 17.2 Å². The number of pyridine rings is 1. The number of nitriles is 1. The lowest BCUT2D eigenvalue weighted by Gasteiger charge is -2.14. The first-order valence-corrected chi connectivity index (χ1v) is 12.9. The highest BCUT2D eigenvalue weighted by Gasteiger charge is 2.13. The van der Waals surface area contributed by atoms with Crippen LogP contribution in [0.4, 0.5) is 11.4 Å². The summed E-state index contributed by atoms with van der Waals surface area (Å²) in [6.45, 7) is 0.876. The van der Waals surface area contributed by atoms with E-state index in [1.807, 2.05) is 42.1 Å². The normalized spacial score (nSPS) is 11.1. The molecule has 0 aliphatic heterocycles. The SMILES string of the molecule is CN(C)Cc1cccc(-c2ccc3c(Nc4ccc(Sc5nccn5C)c(Cl)c4)c(C#N)cnc3c2)c1. The monoisotopic (exact) mass is 524 g/mol. The van der Waals surface area contributed by atoms with Gasteiger partial charge in [0.15, 0.2) is 5.16 Å². The van der Waals surface area contributed by atoms with Crippen LogP contribution in [0.2, 0.25) is 5.02 Å². The van der Waals surface area contributed by atoms with Crippen LogP contribution in [0, 0.1) is 11.3 Å². The van der Waals surface area contributed by atoms with Gasteiger partial charge in [0.25, 0.3) is 0 Å². The first kappa shape index (κ1) is 24.8. The lowest BCUT2D eigenvalue weighted by atomic mass is 10.00. The topological polar surface area (TPSA) is 69.8 Å². The second-order valence-corrected chi connectivity index (χ2v) is 10.4. The molecule has 0 fully saturated rings. The number of fused-ring (bicyclic) bond motifs is 1. The molecule has 2 aromatic heterocycles. The van der Waals surface area contributed by atoms with Crippen LogP contribution in [0.5, 0.6) is 0 Å². The van der Waals surface area contributed by atoms with Crippen LogP contribution in [0.1, 0.15) is 11.1 Å². The van der Waals surface area contributed by atoms with E-state index in [0.717, 1.165) is 44.3 Å². The molecule has 0 atom stereocenters. The number of nitrogens with zero attached hydrogens (tertiary/aromatic N) is 5. The van der Waals surface area contributed by atoms with Gasteiger partial charge in [0.2, 0.25) is 0 Å². The average molecular weight is 525 g/mol. The molecule has 0 aliphatic rings. The molecule has 5 rings (SSSR count). The zero-order valence-corrected chi connectivity index (χ0v) is 22.3. The van der Waals surface area contributed by atoms with Crippen molar-refractivity contribution in [3.63, 3.8) is 0 Å². The summed E-state index contributed by atoms with van der Waals surface area (Å²) in [5.74, 6) is 0. The maximum Gasteiger partial charge on any atom is 0.172 e. The van der Waals surface area contributed by atoms with Gasteiger partial charge < -0.3 is 14.8 Å². The number of hydrogen-bond donors (Lipinski definition) is 1. The van der Waals surface area contributed by atoms with Crippen molar-refractivity contribution < 1.29 is 0 Å².